The molecule has 1 fully saturated rings. The van der Waals surface area contributed by atoms with Crippen LogP contribution in [-0.2, 0) is 9.59 Å². The summed E-state index contributed by atoms with van der Waals surface area (Å²) < 4.78 is 0. The Hall–Kier alpha value is -1.10. The largest absolute Gasteiger partial charge is 0.481 e. The van der Waals surface area contributed by atoms with E-state index in [9.17, 15) is 9.59 Å². The summed E-state index contributed by atoms with van der Waals surface area (Å²) in [6, 6.07) is -0.0650. The lowest BCUT2D eigenvalue weighted by atomic mass is 10.0. The van der Waals surface area contributed by atoms with E-state index in [1.807, 2.05) is 0 Å². The lowest BCUT2D eigenvalue weighted by Gasteiger charge is -2.20. The maximum Gasteiger partial charge on any atom is 0.303 e. The van der Waals surface area contributed by atoms with Crippen molar-refractivity contribution in [2.24, 2.45) is 0 Å². The first-order valence-electron chi connectivity index (χ1n) is 6.93. The minimum Gasteiger partial charge on any atom is -0.481 e. The van der Waals surface area contributed by atoms with Crippen LogP contribution in [0.2, 0.25) is 0 Å². The van der Waals surface area contributed by atoms with Crippen molar-refractivity contribution >= 4 is 11.9 Å². The van der Waals surface area contributed by atoms with Crippen molar-refractivity contribution in [2.45, 2.75) is 57.4 Å². The molecular weight excluding hydrogens is 232 g/mol. The van der Waals surface area contributed by atoms with Gasteiger partial charge >= 0.3 is 5.97 Å². The van der Waals surface area contributed by atoms with Gasteiger partial charge in [-0.05, 0) is 32.2 Å². The van der Waals surface area contributed by atoms with E-state index in [1.165, 1.54) is 12.8 Å². The first-order valence-corrected chi connectivity index (χ1v) is 6.93. The van der Waals surface area contributed by atoms with E-state index in [-0.39, 0.29) is 18.4 Å². The Morgan fingerprint density at radius 3 is 2.72 bits per heavy atom. The summed E-state index contributed by atoms with van der Waals surface area (Å²) in [6.45, 7) is 1.49. The number of amides is 1. The molecule has 3 N–H and O–H groups in total. The molecule has 104 valence electrons. The number of aliphatic carboxylic acids is 1. The Kier molecular flexibility index (Phi) is 7.41. The normalized spacial score (nSPS) is 20.8. The molecule has 1 heterocycles. The molecule has 5 nitrogen and oxygen atoms in total. The zero-order valence-electron chi connectivity index (χ0n) is 10.9. The van der Waals surface area contributed by atoms with E-state index < -0.39 is 5.97 Å². The van der Waals surface area contributed by atoms with Crippen LogP contribution in [0.25, 0.3) is 0 Å². The maximum atomic E-state index is 11.9. The number of carbonyl (C=O) groups excluding carboxylic acids is 1. The van der Waals surface area contributed by atoms with Gasteiger partial charge in [0.1, 0.15) is 0 Å². The van der Waals surface area contributed by atoms with E-state index in [1.54, 1.807) is 0 Å². The molecular formula is C13H24N2O3. The van der Waals surface area contributed by atoms with E-state index >= 15 is 0 Å². The van der Waals surface area contributed by atoms with Gasteiger partial charge in [0.2, 0.25) is 5.91 Å². The predicted molar refractivity (Wildman–Crippen MR) is 69.4 cm³/mol. The number of carboxylic acids is 1. The highest BCUT2D eigenvalue weighted by molar-refractivity contribution is 5.81. The molecule has 18 heavy (non-hydrogen) atoms. The fraction of sp³-hybridized carbons (Fsp3) is 0.846. The number of carboxylic acid groups (broad SMARTS) is 1. The van der Waals surface area contributed by atoms with Crippen molar-refractivity contribution in [1.29, 1.82) is 0 Å². The van der Waals surface area contributed by atoms with Crippen LogP contribution in [0.5, 0.6) is 0 Å². The maximum absolute atomic E-state index is 11.9. The highest BCUT2D eigenvalue weighted by atomic mass is 16.4. The Balaban J connectivity index is 2.12. The van der Waals surface area contributed by atoms with Crippen molar-refractivity contribution in [1.82, 2.24) is 10.6 Å². The summed E-state index contributed by atoms with van der Waals surface area (Å²) in [5, 5.41) is 14.6. The summed E-state index contributed by atoms with van der Waals surface area (Å²) in [5.74, 6) is -0.713. The van der Waals surface area contributed by atoms with Crippen molar-refractivity contribution in [2.75, 3.05) is 13.1 Å². The molecule has 1 saturated heterocycles. The second-order valence-electron chi connectivity index (χ2n) is 4.85. The van der Waals surface area contributed by atoms with Gasteiger partial charge in [-0.1, -0.05) is 19.3 Å². The predicted octanol–water partition coefficient (Wildman–Crippen LogP) is 1.28. The third-order valence-corrected chi connectivity index (χ3v) is 3.24. The zero-order chi connectivity index (χ0) is 13.2. The lowest BCUT2D eigenvalue weighted by molar-refractivity contribution is -0.137. The molecule has 0 spiro atoms. The van der Waals surface area contributed by atoms with Gasteiger partial charge in [0.25, 0.3) is 0 Å². The molecule has 0 aromatic rings. The molecule has 0 aromatic heterocycles. The summed E-state index contributed by atoms with van der Waals surface area (Å²) in [7, 11) is 0. The summed E-state index contributed by atoms with van der Waals surface area (Å²) in [4.78, 5) is 22.2. The molecule has 1 atom stereocenters. The van der Waals surface area contributed by atoms with Crippen molar-refractivity contribution in [3.63, 3.8) is 0 Å². The molecule has 1 rings (SSSR count). The summed E-state index contributed by atoms with van der Waals surface area (Å²) in [5.41, 5.74) is 0. The standard InChI is InChI=1S/C13H24N2O3/c16-12(17)8-4-6-10-15-13(18)11-7-3-1-2-5-9-14-11/h11,14H,1-10H2,(H,15,18)(H,16,17). The van der Waals surface area contributed by atoms with Gasteiger partial charge in [-0.3, -0.25) is 9.59 Å². The lowest BCUT2D eigenvalue weighted by Crippen LogP contribution is -2.45. The van der Waals surface area contributed by atoms with Crippen LogP contribution in [-0.4, -0.2) is 36.1 Å². The quantitative estimate of drug-likeness (QED) is 0.626. The smallest absolute Gasteiger partial charge is 0.303 e. The minimum atomic E-state index is -0.775. The molecule has 1 aliphatic heterocycles. The first kappa shape index (κ1) is 15.0. The monoisotopic (exact) mass is 256 g/mol. The second-order valence-corrected chi connectivity index (χ2v) is 4.85. The molecule has 1 amide bonds. The average molecular weight is 256 g/mol. The van der Waals surface area contributed by atoms with Crippen LogP contribution in [0.3, 0.4) is 0 Å². The van der Waals surface area contributed by atoms with Crippen LogP contribution >= 0.6 is 0 Å². The van der Waals surface area contributed by atoms with Gasteiger partial charge in [-0.25, -0.2) is 0 Å². The van der Waals surface area contributed by atoms with Crippen molar-refractivity contribution in [3.05, 3.63) is 0 Å². The second kappa shape index (κ2) is 8.91. The van der Waals surface area contributed by atoms with Crippen LogP contribution in [0.1, 0.15) is 51.4 Å². The highest BCUT2D eigenvalue weighted by Gasteiger charge is 2.17. The molecule has 0 aromatic carbocycles. The Morgan fingerprint density at radius 2 is 1.94 bits per heavy atom. The zero-order valence-corrected chi connectivity index (χ0v) is 10.9. The van der Waals surface area contributed by atoms with Gasteiger partial charge in [0.15, 0.2) is 0 Å². The first-order chi connectivity index (χ1) is 8.70. The number of rotatable bonds is 6. The Bertz CT molecular complexity index is 261. The third kappa shape index (κ3) is 6.59. The Morgan fingerprint density at radius 1 is 1.17 bits per heavy atom. The fourth-order valence-corrected chi connectivity index (χ4v) is 2.17. The van der Waals surface area contributed by atoms with E-state index in [0.717, 1.165) is 32.2 Å². The van der Waals surface area contributed by atoms with Crippen LogP contribution < -0.4 is 10.6 Å². The topological polar surface area (TPSA) is 78.4 Å². The molecule has 0 bridgehead atoms. The SMILES string of the molecule is O=C(O)CCCCNC(=O)C1CCCCCCN1. The summed E-state index contributed by atoms with van der Waals surface area (Å²) in [6.07, 6.45) is 7.13. The molecule has 1 unspecified atom stereocenters. The average Bonchev–Trinajstić information content (AvgIpc) is 2.27. The van der Waals surface area contributed by atoms with Crippen molar-refractivity contribution in [3.8, 4) is 0 Å². The summed E-state index contributed by atoms with van der Waals surface area (Å²) >= 11 is 0. The number of unbranched alkanes of at least 4 members (excludes halogenated alkanes) is 1. The van der Waals surface area contributed by atoms with Gasteiger partial charge in [-0.15, -0.1) is 0 Å². The van der Waals surface area contributed by atoms with Crippen LogP contribution in [0, 0.1) is 0 Å². The molecule has 5 heteroatoms. The Labute approximate surface area is 108 Å². The van der Waals surface area contributed by atoms with Crippen LogP contribution in [0.4, 0.5) is 0 Å². The fourth-order valence-electron chi connectivity index (χ4n) is 2.17. The molecule has 0 saturated carbocycles. The van der Waals surface area contributed by atoms with Gasteiger partial charge in [-0.2, -0.15) is 0 Å². The number of hydrogen-bond donors (Lipinski definition) is 3. The number of hydrogen-bond acceptors (Lipinski definition) is 3. The number of nitrogens with one attached hydrogen (secondary N) is 2. The van der Waals surface area contributed by atoms with Gasteiger partial charge in [0.05, 0.1) is 6.04 Å². The minimum absolute atomic E-state index is 0.0622. The molecule has 0 radical (unpaired) electrons. The van der Waals surface area contributed by atoms with E-state index in [2.05, 4.69) is 10.6 Å². The third-order valence-electron chi connectivity index (χ3n) is 3.24. The van der Waals surface area contributed by atoms with Crippen LogP contribution in [0.15, 0.2) is 0 Å². The highest BCUT2D eigenvalue weighted by Crippen LogP contribution is 2.09. The number of carbonyl (C=O) groups is 2. The van der Waals surface area contributed by atoms with Gasteiger partial charge in [0, 0.05) is 13.0 Å². The van der Waals surface area contributed by atoms with Gasteiger partial charge < -0.3 is 15.7 Å². The molecule has 0 aliphatic carbocycles. The van der Waals surface area contributed by atoms with E-state index in [4.69, 9.17) is 5.11 Å². The van der Waals surface area contributed by atoms with E-state index in [0.29, 0.717) is 13.0 Å². The molecule has 1 aliphatic rings. The van der Waals surface area contributed by atoms with Crippen molar-refractivity contribution < 1.29 is 14.7 Å².